The number of anilines is 1. The third-order valence-corrected chi connectivity index (χ3v) is 4.13. The number of aromatic nitrogens is 3. The second kappa shape index (κ2) is 7.61. The SMILES string of the molecule is CCCc1nc(SCC(=O)Nc2ccc(Br)cc2C)n[nH]1. The van der Waals surface area contributed by atoms with Crippen LogP contribution in [0.5, 0.6) is 0 Å². The van der Waals surface area contributed by atoms with Crippen molar-refractivity contribution in [1.29, 1.82) is 0 Å². The average Bonchev–Trinajstić information content (AvgIpc) is 2.88. The van der Waals surface area contributed by atoms with Gasteiger partial charge in [0.1, 0.15) is 5.82 Å². The van der Waals surface area contributed by atoms with Crippen LogP contribution in [-0.4, -0.2) is 26.8 Å². The number of carbonyl (C=O) groups excluding carboxylic acids is 1. The zero-order chi connectivity index (χ0) is 15.2. The van der Waals surface area contributed by atoms with Gasteiger partial charge in [-0.05, 0) is 37.1 Å². The van der Waals surface area contributed by atoms with Crippen LogP contribution < -0.4 is 5.32 Å². The Kier molecular flexibility index (Phi) is 5.81. The van der Waals surface area contributed by atoms with Crippen molar-refractivity contribution in [2.24, 2.45) is 0 Å². The first-order valence-electron chi connectivity index (χ1n) is 6.68. The van der Waals surface area contributed by atoms with Crippen molar-refractivity contribution in [3.8, 4) is 0 Å². The summed E-state index contributed by atoms with van der Waals surface area (Å²) in [6, 6.07) is 5.76. The van der Waals surface area contributed by atoms with E-state index in [1.807, 2.05) is 25.1 Å². The third kappa shape index (κ3) is 4.86. The maximum absolute atomic E-state index is 11.9. The molecule has 0 atom stereocenters. The van der Waals surface area contributed by atoms with Crippen LogP contribution in [-0.2, 0) is 11.2 Å². The summed E-state index contributed by atoms with van der Waals surface area (Å²) in [6.07, 6.45) is 1.89. The van der Waals surface area contributed by atoms with E-state index in [4.69, 9.17) is 0 Å². The Morgan fingerprint density at radius 1 is 1.48 bits per heavy atom. The maximum Gasteiger partial charge on any atom is 0.234 e. The minimum atomic E-state index is -0.0627. The number of H-pyrrole nitrogens is 1. The van der Waals surface area contributed by atoms with Crippen molar-refractivity contribution < 1.29 is 4.79 Å². The topological polar surface area (TPSA) is 70.7 Å². The predicted octanol–water partition coefficient (Wildman–Crippen LogP) is 3.56. The van der Waals surface area contributed by atoms with Crippen LogP contribution in [0.4, 0.5) is 5.69 Å². The van der Waals surface area contributed by atoms with Crippen LogP contribution in [0, 0.1) is 6.92 Å². The van der Waals surface area contributed by atoms with Gasteiger partial charge in [-0.3, -0.25) is 9.89 Å². The second-order valence-electron chi connectivity index (χ2n) is 4.61. The van der Waals surface area contributed by atoms with E-state index in [-0.39, 0.29) is 5.91 Å². The summed E-state index contributed by atoms with van der Waals surface area (Å²) in [5.74, 6) is 1.09. The van der Waals surface area contributed by atoms with Gasteiger partial charge in [-0.15, -0.1) is 5.10 Å². The lowest BCUT2D eigenvalue weighted by atomic mass is 10.2. The molecular weight excluding hydrogens is 352 g/mol. The molecule has 21 heavy (non-hydrogen) atoms. The number of halogens is 1. The summed E-state index contributed by atoms with van der Waals surface area (Å²) in [5.41, 5.74) is 1.84. The standard InChI is InChI=1S/C14H17BrN4OS/c1-3-4-12-17-14(19-18-12)21-8-13(20)16-11-6-5-10(15)7-9(11)2/h5-7H,3-4,8H2,1-2H3,(H,16,20)(H,17,18,19). The molecule has 7 heteroatoms. The molecular formula is C14H17BrN4OS. The average molecular weight is 369 g/mol. The fourth-order valence-electron chi connectivity index (χ4n) is 1.77. The summed E-state index contributed by atoms with van der Waals surface area (Å²) in [5, 5.41) is 10.5. The first-order chi connectivity index (χ1) is 10.1. The highest BCUT2D eigenvalue weighted by atomic mass is 79.9. The number of nitrogens with one attached hydrogen (secondary N) is 2. The van der Waals surface area contributed by atoms with Crippen LogP contribution in [0.2, 0.25) is 0 Å². The minimum absolute atomic E-state index is 0.0627. The number of aryl methyl sites for hydroxylation is 2. The molecule has 0 radical (unpaired) electrons. The Labute approximate surface area is 136 Å². The molecule has 0 spiro atoms. The van der Waals surface area contributed by atoms with E-state index >= 15 is 0 Å². The van der Waals surface area contributed by atoms with Gasteiger partial charge in [0, 0.05) is 16.6 Å². The van der Waals surface area contributed by atoms with Crippen molar-refractivity contribution >= 4 is 39.3 Å². The van der Waals surface area contributed by atoms with E-state index in [0.717, 1.165) is 34.4 Å². The molecule has 1 heterocycles. The summed E-state index contributed by atoms with van der Waals surface area (Å²) in [7, 11) is 0. The highest BCUT2D eigenvalue weighted by Crippen LogP contribution is 2.20. The molecule has 2 rings (SSSR count). The maximum atomic E-state index is 11.9. The third-order valence-electron chi connectivity index (χ3n) is 2.79. The molecule has 0 bridgehead atoms. The molecule has 0 unspecified atom stereocenters. The van der Waals surface area contributed by atoms with Gasteiger partial charge in [-0.2, -0.15) is 0 Å². The van der Waals surface area contributed by atoms with Gasteiger partial charge in [0.25, 0.3) is 0 Å². The first kappa shape index (κ1) is 16.0. The van der Waals surface area contributed by atoms with Crippen LogP contribution in [0.25, 0.3) is 0 Å². The van der Waals surface area contributed by atoms with E-state index in [9.17, 15) is 4.79 Å². The molecule has 112 valence electrons. The quantitative estimate of drug-likeness (QED) is 0.764. The number of hydrogen-bond acceptors (Lipinski definition) is 4. The number of thioether (sulfide) groups is 1. The van der Waals surface area contributed by atoms with Gasteiger partial charge in [0.05, 0.1) is 5.75 Å². The second-order valence-corrected chi connectivity index (χ2v) is 6.47. The monoisotopic (exact) mass is 368 g/mol. The molecule has 0 fully saturated rings. The Balaban J connectivity index is 1.86. The number of hydrogen-bond donors (Lipinski definition) is 2. The zero-order valence-electron chi connectivity index (χ0n) is 11.9. The molecule has 0 aliphatic rings. The smallest absolute Gasteiger partial charge is 0.234 e. The van der Waals surface area contributed by atoms with Crippen molar-refractivity contribution in [3.05, 3.63) is 34.1 Å². The van der Waals surface area contributed by atoms with Crippen LogP contribution >= 0.6 is 27.7 Å². The number of benzene rings is 1. The molecule has 1 aromatic heterocycles. The van der Waals surface area contributed by atoms with Gasteiger partial charge in [0.2, 0.25) is 11.1 Å². The van der Waals surface area contributed by atoms with Crippen LogP contribution in [0.15, 0.2) is 27.8 Å². The van der Waals surface area contributed by atoms with E-state index in [0.29, 0.717) is 10.9 Å². The Morgan fingerprint density at radius 3 is 3.00 bits per heavy atom. The number of amides is 1. The molecule has 1 amide bonds. The lowest BCUT2D eigenvalue weighted by Gasteiger charge is -2.07. The van der Waals surface area contributed by atoms with Crippen LogP contribution in [0.3, 0.4) is 0 Å². The molecule has 0 aliphatic carbocycles. The fraction of sp³-hybridized carbons (Fsp3) is 0.357. The fourth-order valence-corrected chi connectivity index (χ4v) is 2.87. The number of nitrogens with zero attached hydrogens (tertiary/aromatic N) is 2. The van der Waals surface area contributed by atoms with Gasteiger partial charge in [-0.25, -0.2) is 4.98 Å². The number of rotatable bonds is 6. The van der Waals surface area contributed by atoms with E-state index in [2.05, 4.69) is 43.4 Å². The Morgan fingerprint density at radius 2 is 2.29 bits per heavy atom. The molecule has 0 saturated heterocycles. The highest BCUT2D eigenvalue weighted by Gasteiger charge is 2.09. The van der Waals surface area contributed by atoms with Gasteiger partial charge < -0.3 is 5.32 Å². The summed E-state index contributed by atoms with van der Waals surface area (Å²) in [4.78, 5) is 16.3. The van der Waals surface area contributed by atoms with E-state index < -0.39 is 0 Å². The van der Waals surface area contributed by atoms with E-state index in [1.54, 1.807) is 0 Å². The predicted molar refractivity (Wildman–Crippen MR) is 88.6 cm³/mol. The highest BCUT2D eigenvalue weighted by molar-refractivity contribution is 9.10. The molecule has 2 aromatic rings. The van der Waals surface area contributed by atoms with Gasteiger partial charge in [0.15, 0.2) is 0 Å². The summed E-state index contributed by atoms with van der Waals surface area (Å²) < 4.78 is 0.997. The molecule has 1 aromatic carbocycles. The van der Waals surface area contributed by atoms with Crippen molar-refractivity contribution in [2.75, 3.05) is 11.1 Å². The number of carbonyl (C=O) groups is 1. The zero-order valence-corrected chi connectivity index (χ0v) is 14.3. The Bertz CT molecular complexity index is 629. The van der Waals surface area contributed by atoms with Crippen LogP contribution in [0.1, 0.15) is 24.7 Å². The molecule has 5 nitrogen and oxygen atoms in total. The lowest BCUT2D eigenvalue weighted by Crippen LogP contribution is -2.14. The van der Waals surface area contributed by atoms with Gasteiger partial charge >= 0.3 is 0 Å². The van der Waals surface area contributed by atoms with Crippen molar-refractivity contribution in [2.45, 2.75) is 31.8 Å². The molecule has 0 saturated carbocycles. The lowest BCUT2D eigenvalue weighted by molar-refractivity contribution is -0.113. The molecule has 0 aliphatic heterocycles. The first-order valence-corrected chi connectivity index (χ1v) is 8.46. The summed E-state index contributed by atoms with van der Waals surface area (Å²) >= 11 is 4.73. The van der Waals surface area contributed by atoms with Crippen molar-refractivity contribution in [1.82, 2.24) is 15.2 Å². The molecule has 2 N–H and O–H groups in total. The van der Waals surface area contributed by atoms with Crippen molar-refractivity contribution in [3.63, 3.8) is 0 Å². The van der Waals surface area contributed by atoms with Gasteiger partial charge in [-0.1, -0.05) is 34.6 Å². The normalized spacial score (nSPS) is 10.6. The Hall–Kier alpha value is -1.34. The minimum Gasteiger partial charge on any atom is -0.325 e. The van der Waals surface area contributed by atoms with E-state index in [1.165, 1.54) is 11.8 Å². The largest absolute Gasteiger partial charge is 0.325 e. The number of aromatic amines is 1. The summed E-state index contributed by atoms with van der Waals surface area (Å²) in [6.45, 7) is 4.04.